The van der Waals surface area contributed by atoms with Crippen LogP contribution < -0.4 is 4.74 Å². The second-order valence-electron chi connectivity index (χ2n) is 5.81. The van der Waals surface area contributed by atoms with E-state index in [0.29, 0.717) is 15.8 Å². The van der Waals surface area contributed by atoms with Gasteiger partial charge >= 0.3 is 0 Å². The first-order valence-electron chi connectivity index (χ1n) is 7.89. The normalized spacial score (nSPS) is 11.1. The Morgan fingerprint density at radius 3 is 2.50 bits per heavy atom. The molecule has 0 saturated heterocycles. The minimum absolute atomic E-state index is 0.476. The molecule has 0 saturated carbocycles. The Balaban J connectivity index is 2.21. The van der Waals surface area contributed by atoms with Gasteiger partial charge in [0.25, 0.3) is 0 Å². The molecule has 128 valence electrons. The summed E-state index contributed by atoms with van der Waals surface area (Å²) < 4.78 is 5.94. The Labute approximate surface area is 153 Å². The summed E-state index contributed by atoms with van der Waals surface area (Å²) in [7, 11) is 2.02. The van der Waals surface area contributed by atoms with E-state index in [4.69, 9.17) is 27.9 Å². The standard InChI is InChI=1S/C19H22Cl2N2O/c1-5-8-23(4)12-22-18-9-14(3)19(10-13(18)2)24-15-6-7-16(20)17(21)11-15/h6-7,9-12H,5,8H2,1-4H3. The van der Waals surface area contributed by atoms with Crippen molar-refractivity contribution in [3.05, 3.63) is 51.5 Å². The highest BCUT2D eigenvalue weighted by atomic mass is 35.5. The lowest BCUT2D eigenvalue weighted by molar-refractivity contribution is 0.478. The molecule has 0 heterocycles. The highest BCUT2D eigenvalue weighted by Crippen LogP contribution is 2.33. The molecule has 0 atom stereocenters. The molecule has 24 heavy (non-hydrogen) atoms. The lowest BCUT2D eigenvalue weighted by Crippen LogP contribution is -2.16. The molecule has 0 N–H and O–H groups in total. The summed E-state index contributed by atoms with van der Waals surface area (Å²) in [6.07, 6.45) is 2.96. The molecular weight excluding hydrogens is 343 g/mol. The summed E-state index contributed by atoms with van der Waals surface area (Å²) in [6, 6.07) is 9.26. The predicted molar refractivity (Wildman–Crippen MR) is 104 cm³/mol. The monoisotopic (exact) mass is 364 g/mol. The molecule has 2 aromatic rings. The largest absolute Gasteiger partial charge is 0.457 e. The van der Waals surface area contributed by atoms with Crippen LogP contribution >= 0.6 is 23.2 Å². The summed E-state index contributed by atoms with van der Waals surface area (Å²) in [5.74, 6) is 1.44. The fourth-order valence-corrected chi connectivity index (χ4v) is 2.55. The highest BCUT2D eigenvalue weighted by Gasteiger charge is 2.08. The number of hydrogen-bond acceptors (Lipinski definition) is 2. The van der Waals surface area contributed by atoms with Crippen molar-refractivity contribution in [1.82, 2.24) is 4.90 Å². The van der Waals surface area contributed by atoms with Crippen LogP contribution in [0.15, 0.2) is 35.3 Å². The van der Waals surface area contributed by atoms with Gasteiger partial charge in [0.05, 0.1) is 22.1 Å². The van der Waals surface area contributed by atoms with E-state index >= 15 is 0 Å². The van der Waals surface area contributed by atoms with E-state index in [0.717, 1.165) is 35.5 Å². The number of nitrogens with zero attached hydrogens (tertiary/aromatic N) is 2. The van der Waals surface area contributed by atoms with Gasteiger partial charge in [0, 0.05) is 19.7 Å². The van der Waals surface area contributed by atoms with E-state index in [1.54, 1.807) is 18.2 Å². The minimum Gasteiger partial charge on any atom is -0.457 e. The molecule has 3 nitrogen and oxygen atoms in total. The van der Waals surface area contributed by atoms with Crippen LogP contribution in [0.25, 0.3) is 0 Å². The van der Waals surface area contributed by atoms with Crippen molar-refractivity contribution < 1.29 is 4.74 Å². The SMILES string of the molecule is CCCN(C)C=Nc1cc(C)c(Oc2ccc(Cl)c(Cl)c2)cc1C. The van der Waals surface area contributed by atoms with E-state index in [-0.39, 0.29) is 0 Å². The van der Waals surface area contributed by atoms with Gasteiger partial charge in [-0.2, -0.15) is 0 Å². The first-order chi connectivity index (χ1) is 11.4. The predicted octanol–water partition coefficient (Wildman–Crippen LogP) is 6.40. The first-order valence-corrected chi connectivity index (χ1v) is 8.65. The summed E-state index contributed by atoms with van der Waals surface area (Å²) in [4.78, 5) is 6.64. The average molecular weight is 365 g/mol. The van der Waals surface area contributed by atoms with Crippen LogP contribution in [-0.4, -0.2) is 24.8 Å². The molecule has 0 aromatic heterocycles. The molecule has 0 spiro atoms. The van der Waals surface area contributed by atoms with E-state index < -0.39 is 0 Å². The van der Waals surface area contributed by atoms with Crippen LogP contribution in [0, 0.1) is 13.8 Å². The van der Waals surface area contributed by atoms with Crippen molar-refractivity contribution in [2.24, 2.45) is 4.99 Å². The molecule has 0 aliphatic carbocycles. The van der Waals surface area contributed by atoms with Gasteiger partial charge in [-0.3, -0.25) is 0 Å². The first kappa shape index (κ1) is 18.6. The number of ether oxygens (including phenoxy) is 1. The summed E-state index contributed by atoms with van der Waals surface area (Å²) in [6.45, 7) is 7.16. The molecule has 0 unspecified atom stereocenters. The molecule has 0 fully saturated rings. The van der Waals surface area contributed by atoms with E-state index in [2.05, 4.69) is 16.8 Å². The third-order valence-electron chi connectivity index (χ3n) is 3.58. The number of aryl methyl sites for hydroxylation is 2. The molecule has 5 heteroatoms. The Morgan fingerprint density at radius 2 is 1.83 bits per heavy atom. The molecule has 0 bridgehead atoms. The lowest BCUT2D eigenvalue weighted by atomic mass is 10.1. The molecule has 0 radical (unpaired) electrons. The molecule has 0 amide bonds. The number of halogens is 2. The Hall–Kier alpha value is -1.71. The fourth-order valence-electron chi connectivity index (χ4n) is 2.26. The van der Waals surface area contributed by atoms with Gasteiger partial charge in [-0.05, 0) is 55.7 Å². The van der Waals surface area contributed by atoms with Gasteiger partial charge in [0.15, 0.2) is 0 Å². The summed E-state index contributed by atoms with van der Waals surface area (Å²) in [5.41, 5.74) is 3.01. The molecule has 2 aromatic carbocycles. The number of rotatable bonds is 6. The van der Waals surface area contributed by atoms with E-state index in [9.17, 15) is 0 Å². The van der Waals surface area contributed by atoms with Crippen LogP contribution in [0.4, 0.5) is 5.69 Å². The Morgan fingerprint density at radius 1 is 1.08 bits per heavy atom. The van der Waals surface area contributed by atoms with Crippen LogP contribution in [0.3, 0.4) is 0 Å². The van der Waals surface area contributed by atoms with Crippen LogP contribution in [0.1, 0.15) is 24.5 Å². The number of benzene rings is 2. The van der Waals surface area contributed by atoms with E-state index in [1.165, 1.54) is 0 Å². The third kappa shape index (κ3) is 4.89. The van der Waals surface area contributed by atoms with Crippen LogP contribution in [0.2, 0.25) is 10.0 Å². The van der Waals surface area contributed by atoms with Gasteiger partial charge in [-0.1, -0.05) is 30.1 Å². The van der Waals surface area contributed by atoms with Crippen molar-refractivity contribution in [3.8, 4) is 11.5 Å². The zero-order chi connectivity index (χ0) is 17.7. The fraction of sp³-hybridized carbons (Fsp3) is 0.316. The van der Waals surface area contributed by atoms with Crippen molar-refractivity contribution in [3.63, 3.8) is 0 Å². The zero-order valence-electron chi connectivity index (χ0n) is 14.4. The van der Waals surface area contributed by atoms with Gasteiger partial charge in [0.2, 0.25) is 0 Å². The quantitative estimate of drug-likeness (QED) is 0.437. The highest BCUT2D eigenvalue weighted by molar-refractivity contribution is 6.42. The van der Waals surface area contributed by atoms with Crippen LogP contribution in [0.5, 0.6) is 11.5 Å². The van der Waals surface area contributed by atoms with Crippen molar-refractivity contribution >= 4 is 35.2 Å². The lowest BCUT2D eigenvalue weighted by Gasteiger charge is -2.13. The summed E-state index contributed by atoms with van der Waals surface area (Å²) in [5, 5.41) is 0.988. The zero-order valence-corrected chi connectivity index (χ0v) is 15.9. The maximum absolute atomic E-state index is 6.04. The van der Waals surface area contributed by atoms with Crippen LogP contribution in [-0.2, 0) is 0 Å². The van der Waals surface area contributed by atoms with Gasteiger partial charge in [-0.25, -0.2) is 4.99 Å². The summed E-state index contributed by atoms with van der Waals surface area (Å²) >= 11 is 12.0. The molecule has 0 aliphatic rings. The molecule has 0 aliphatic heterocycles. The van der Waals surface area contributed by atoms with E-state index in [1.807, 2.05) is 39.4 Å². The number of aliphatic imine (C=N–C) groups is 1. The van der Waals surface area contributed by atoms with Gasteiger partial charge < -0.3 is 9.64 Å². The minimum atomic E-state index is 0.476. The third-order valence-corrected chi connectivity index (χ3v) is 4.32. The molecular formula is C19H22Cl2N2O. The van der Waals surface area contributed by atoms with Crippen molar-refractivity contribution in [1.29, 1.82) is 0 Å². The van der Waals surface area contributed by atoms with Crippen molar-refractivity contribution in [2.45, 2.75) is 27.2 Å². The Bertz CT molecular complexity index is 744. The topological polar surface area (TPSA) is 24.8 Å². The van der Waals surface area contributed by atoms with Gasteiger partial charge in [0.1, 0.15) is 11.5 Å². The molecule has 2 rings (SSSR count). The second kappa shape index (κ2) is 8.41. The van der Waals surface area contributed by atoms with Gasteiger partial charge in [-0.15, -0.1) is 0 Å². The second-order valence-corrected chi connectivity index (χ2v) is 6.62. The van der Waals surface area contributed by atoms with Crippen molar-refractivity contribution in [2.75, 3.05) is 13.6 Å². The number of hydrogen-bond donors (Lipinski definition) is 0. The maximum Gasteiger partial charge on any atom is 0.130 e. The average Bonchev–Trinajstić information content (AvgIpc) is 2.53. The maximum atomic E-state index is 6.04. The smallest absolute Gasteiger partial charge is 0.130 e. The Kier molecular flexibility index (Phi) is 6.52.